The molecule has 0 aliphatic heterocycles. The van der Waals surface area contributed by atoms with Gasteiger partial charge >= 0.3 is 0 Å². The van der Waals surface area contributed by atoms with E-state index in [0.29, 0.717) is 0 Å². The molecule has 128 valence electrons. The number of hydrogen-bond acceptors (Lipinski definition) is 4. The van der Waals surface area contributed by atoms with Gasteiger partial charge in [-0.15, -0.1) is 0 Å². The molecule has 0 atom stereocenters. The van der Waals surface area contributed by atoms with Crippen LogP contribution in [0.1, 0.15) is 48.4 Å². The number of carbonyl (C=O) groups excluding carboxylic acids is 2. The topological polar surface area (TPSA) is 98.7 Å². The lowest BCUT2D eigenvalue weighted by Crippen LogP contribution is -2.47. The fourth-order valence-corrected chi connectivity index (χ4v) is 1.71. The SMILES string of the molecule is CC(C)(CO)NC(=O)c1cccc(C(=O)NC(C)(C)CO)c1F. The van der Waals surface area contributed by atoms with E-state index in [2.05, 4.69) is 10.6 Å². The molecule has 0 aromatic heterocycles. The molecule has 0 heterocycles. The fraction of sp³-hybridized carbons (Fsp3) is 0.500. The van der Waals surface area contributed by atoms with Crippen molar-refractivity contribution in [3.8, 4) is 0 Å². The Morgan fingerprint density at radius 3 is 1.61 bits per heavy atom. The smallest absolute Gasteiger partial charge is 0.254 e. The summed E-state index contributed by atoms with van der Waals surface area (Å²) in [5.41, 5.74) is -2.41. The molecular weight excluding hydrogens is 303 g/mol. The van der Waals surface area contributed by atoms with E-state index in [9.17, 15) is 14.0 Å². The van der Waals surface area contributed by atoms with Gasteiger partial charge in [-0.3, -0.25) is 9.59 Å². The first kappa shape index (κ1) is 19.1. The maximum atomic E-state index is 14.5. The molecule has 0 saturated carbocycles. The van der Waals surface area contributed by atoms with Crippen LogP contribution in [-0.2, 0) is 0 Å². The van der Waals surface area contributed by atoms with Crippen molar-refractivity contribution in [3.05, 3.63) is 35.1 Å². The average molecular weight is 326 g/mol. The van der Waals surface area contributed by atoms with Crippen LogP contribution in [0.4, 0.5) is 4.39 Å². The normalized spacial score (nSPS) is 12.0. The fourth-order valence-electron chi connectivity index (χ4n) is 1.71. The first-order valence-electron chi connectivity index (χ1n) is 7.18. The Bertz CT molecular complexity index is 551. The highest BCUT2D eigenvalue weighted by Gasteiger charge is 2.26. The lowest BCUT2D eigenvalue weighted by molar-refractivity contribution is 0.0861. The van der Waals surface area contributed by atoms with Crippen LogP contribution in [0.2, 0.25) is 0 Å². The Morgan fingerprint density at radius 2 is 1.30 bits per heavy atom. The van der Waals surface area contributed by atoms with Gasteiger partial charge in [-0.2, -0.15) is 0 Å². The summed E-state index contributed by atoms with van der Waals surface area (Å²) in [4.78, 5) is 24.2. The molecule has 0 aliphatic rings. The third-order valence-electron chi connectivity index (χ3n) is 3.18. The molecule has 2 amide bonds. The Hall–Kier alpha value is -1.99. The summed E-state index contributed by atoms with van der Waals surface area (Å²) in [5.74, 6) is -2.40. The lowest BCUT2D eigenvalue weighted by atomic mass is 10.0. The van der Waals surface area contributed by atoms with Gasteiger partial charge in [-0.05, 0) is 39.8 Å². The Balaban J connectivity index is 3.07. The van der Waals surface area contributed by atoms with Crippen LogP contribution in [0.3, 0.4) is 0 Å². The molecule has 0 fully saturated rings. The molecule has 4 N–H and O–H groups in total. The summed E-state index contributed by atoms with van der Waals surface area (Å²) in [5, 5.41) is 23.3. The van der Waals surface area contributed by atoms with Crippen LogP contribution >= 0.6 is 0 Å². The minimum atomic E-state index is -0.954. The van der Waals surface area contributed by atoms with Crippen LogP contribution in [-0.4, -0.2) is 46.3 Å². The number of rotatable bonds is 6. The summed E-state index contributed by atoms with van der Waals surface area (Å²) < 4.78 is 14.5. The number of amides is 2. The lowest BCUT2D eigenvalue weighted by Gasteiger charge is -2.25. The number of aliphatic hydroxyl groups excluding tert-OH is 2. The molecular formula is C16H23FN2O4. The number of halogens is 1. The standard InChI is InChI=1S/C16H23FN2O4/c1-15(2,8-20)18-13(22)10-6-5-7-11(12(10)17)14(23)19-16(3,4)9-21/h5-7,20-21H,8-9H2,1-4H3,(H,18,22)(H,19,23). The van der Waals surface area contributed by atoms with Gasteiger partial charge in [-0.25, -0.2) is 4.39 Å². The molecule has 0 unspecified atom stereocenters. The molecule has 6 nitrogen and oxygen atoms in total. The molecule has 0 spiro atoms. The summed E-state index contributed by atoms with van der Waals surface area (Å²) in [7, 11) is 0. The molecule has 1 aromatic carbocycles. The number of nitrogens with one attached hydrogen (secondary N) is 2. The molecule has 0 aliphatic carbocycles. The summed E-state index contributed by atoms with van der Waals surface area (Å²) in [6.45, 7) is 5.72. The minimum absolute atomic E-state index is 0.291. The molecule has 0 bridgehead atoms. The highest BCUT2D eigenvalue weighted by Crippen LogP contribution is 2.15. The van der Waals surface area contributed by atoms with Crippen LogP contribution in [0.15, 0.2) is 18.2 Å². The van der Waals surface area contributed by atoms with E-state index in [1.807, 2.05) is 0 Å². The number of benzene rings is 1. The second-order valence-corrected chi connectivity index (χ2v) is 6.66. The van der Waals surface area contributed by atoms with Crippen molar-refractivity contribution >= 4 is 11.8 Å². The highest BCUT2D eigenvalue weighted by atomic mass is 19.1. The highest BCUT2D eigenvalue weighted by molar-refractivity contribution is 6.00. The van der Waals surface area contributed by atoms with Crippen molar-refractivity contribution in [1.82, 2.24) is 10.6 Å². The quantitative estimate of drug-likeness (QED) is 0.622. The number of hydrogen-bond donors (Lipinski definition) is 4. The first-order chi connectivity index (χ1) is 10.5. The third-order valence-corrected chi connectivity index (χ3v) is 3.18. The van der Waals surface area contributed by atoms with E-state index >= 15 is 0 Å². The number of carbonyl (C=O) groups is 2. The van der Waals surface area contributed by atoms with E-state index in [1.54, 1.807) is 27.7 Å². The molecule has 0 radical (unpaired) electrons. The van der Waals surface area contributed by atoms with Gasteiger partial charge in [0.05, 0.1) is 35.4 Å². The monoisotopic (exact) mass is 326 g/mol. The Labute approximate surface area is 134 Å². The maximum absolute atomic E-state index is 14.5. The number of aliphatic hydroxyl groups is 2. The maximum Gasteiger partial charge on any atom is 0.254 e. The minimum Gasteiger partial charge on any atom is -0.394 e. The van der Waals surface area contributed by atoms with E-state index in [-0.39, 0.29) is 24.3 Å². The van der Waals surface area contributed by atoms with E-state index < -0.39 is 28.7 Å². The van der Waals surface area contributed by atoms with E-state index in [4.69, 9.17) is 10.2 Å². The Kier molecular flexibility index (Phi) is 5.85. The second-order valence-electron chi connectivity index (χ2n) is 6.66. The summed E-state index contributed by atoms with van der Waals surface area (Å²) in [6, 6.07) is 3.91. The van der Waals surface area contributed by atoms with Gasteiger partial charge in [0.15, 0.2) is 0 Å². The molecule has 23 heavy (non-hydrogen) atoms. The van der Waals surface area contributed by atoms with Crippen molar-refractivity contribution in [1.29, 1.82) is 0 Å². The predicted molar refractivity (Wildman–Crippen MR) is 83.7 cm³/mol. The van der Waals surface area contributed by atoms with Crippen molar-refractivity contribution < 1.29 is 24.2 Å². The summed E-state index contributed by atoms with van der Waals surface area (Å²) >= 11 is 0. The molecule has 1 rings (SSSR count). The predicted octanol–water partition coefficient (Wildman–Crippen LogP) is 0.827. The van der Waals surface area contributed by atoms with Crippen molar-refractivity contribution in [3.63, 3.8) is 0 Å². The molecule has 7 heteroatoms. The van der Waals surface area contributed by atoms with Crippen molar-refractivity contribution in [2.45, 2.75) is 38.8 Å². The van der Waals surface area contributed by atoms with E-state index in [0.717, 1.165) is 0 Å². The van der Waals surface area contributed by atoms with Gasteiger partial charge < -0.3 is 20.8 Å². The summed E-state index contributed by atoms with van der Waals surface area (Å²) in [6.07, 6.45) is 0. The first-order valence-corrected chi connectivity index (χ1v) is 7.18. The van der Waals surface area contributed by atoms with Gasteiger partial charge in [0, 0.05) is 0 Å². The third kappa shape index (κ3) is 5.01. The zero-order chi connectivity index (χ0) is 17.8. The van der Waals surface area contributed by atoms with Crippen LogP contribution in [0, 0.1) is 5.82 Å². The van der Waals surface area contributed by atoms with Gasteiger partial charge in [0.25, 0.3) is 11.8 Å². The average Bonchev–Trinajstić information content (AvgIpc) is 2.46. The van der Waals surface area contributed by atoms with Gasteiger partial charge in [0.2, 0.25) is 0 Å². The van der Waals surface area contributed by atoms with Crippen LogP contribution in [0.25, 0.3) is 0 Å². The Morgan fingerprint density at radius 1 is 0.957 bits per heavy atom. The van der Waals surface area contributed by atoms with Gasteiger partial charge in [0.1, 0.15) is 5.82 Å². The molecule has 1 aromatic rings. The van der Waals surface area contributed by atoms with Crippen molar-refractivity contribution in [2.75, 3.05) is 13.2 Å². The largest absolute Gasteiger partial charge is 0.394 e. The van der Waals surface area contributed by atoms with Gasteiger partial charge in [-0.1, -0.05) is 6.07 Å². The van der Waals surface area contributed by atoms with Crippen LogP contribution in [0.5, 0.6) is 0 Å². The second kappa shape index (κ2) is 7.06. The molecule has 0 saturated heterocycles. The van der Waals surface area contributed by atoms with Crippen LogP contribution < -0.4 is 10.6 Å². The van der Waals surface area contributed by atoms with E-state index in [1.165, 1.54) is 18.2 Å². The zero-order valence-corrected chi connectivity index (χ0v) is 13.7. The zero-order valence-electron chi connectivity index (χ0n) is 13.7. The van der Waals surface area contributed by atoms with Crippen molar-refractivity contribution in [2.24, 2.45) is 0 Å².